The zero-order valence-corrected chi connectivity index (χ0v) is 10.3. The molecule has 0 saturated carbocycles. The molecule has 0 bridgehead atoms. The van der Waals surface area contributed by atoms with Gasteiger partial charge in [0.15, 0.2) is 0 Å². The SMILES string of the molecule is CCCCS(=O)(=O)N1CC=C(C)C1C(=O)O. The molecular formula is C10H17NO4S. The maximum absolute atomic E-state index is 11.9. The Morgan fingerprint density at radius 3 is 2.75 bits per heavy atom. The van der Waals surface area contributed by atoms with Gasteiger partial charge in [0.25, 0.3) is 0 Å². The lowest BCUT2D eigenvalue weighted by molar-refractivity contribution is -0.139. The summed E-state index contributed by atoms with van der Waals surface area (Å²) in [5.41, 5.74) is 0.590. The Morgan fingerprint density at radius 2 is 2.25 bits per heavy atom. The number of hydrogen-bond acceptors (Lipinski definition) is 3. The Balaban J connectivity index is 2.86. The number of carboxylic acid groups (broad SMARTS) is 1. The maximum atomic E-state index is 11.9. The molecule has 0 aliphatic carbocycles. The fourth-order valence-corrected chi connectivity index (χ4v) is 3.48. The van der Waals surface area contributed by atoms with Crippen molar-refractivity contribution in [3.8, 4) is 0 Å². The average molecular weight is 247 g/mol. The van der Waals surface area contributed by atoms with Gasteiger partial charge in [-0.15, -0.1) is 0 Å². The first-order valence-electron chi connectivity index (χ1n) is 5.29. The van der Waals surface area contributed by atoms with E-state index in [1.807, 2.05) is 6.92 Å². The molecule has 1 aliphatic rings. The van der Waals surface area contributed by atoms with Gasteiger partial charge < -0.3 is 5.11 Å². The second-order valence-electron chi connectivity index (χ2n) is 3.93. The minimum Gasteiger partial charge on any atom is -0.480 e. The summed E-state index contributed by atoms with van der Waals surface area (Å²) < 4.78 is 24.8. The van der Waals surface area contributed by atoms with Gasteiger partial charge in [0.05, 0.1) is 5.75 Å². The van der Waals surface area contributed by atoms with E-state index in [1.165, 1.54) is 0 Å². The molecule has 1 unspecified atom stereocenters. The first-order valence-corrected chi connectivity index (χ1v) is 6.90. The predicted molar refractivity (Wildman–Crippen MR) is 60.6 cm³/mol. The Bertz CT molecular complexity index is 399. The van der Waals surface area contributed by atoms with Gasteiger partial charge in [0.1, 0.15) is 6.04 Å². The van der Waals surface area contributed by atoms with Crippen LogP contribution in [0.25, 0.3) is 0 Å². The van der Waals surface area contributed by atoms with Crippen molar-refractivity contribution >= 4 is 16.0 Å². The van der Waals surface area contributed by atoms with Crippen LogP contribution in [0.3, 0.4) is 0 Å². The molecule has 0 aromatic carbocycles. The van der Waals surface area contributed by atoms with Gasteiger partial charge in [-0.1, -0.05) is 19.4 Å². The highest BCUT2D eigenvalue weighted by Crippen LogP contribution is 2.22. The minimum absolute atomic E-state index is 0.0222. The number of carboxylic acids is 1. The van der Waals surface area contributed by atoms with Gasteiger partial charge in [-0.2, -0.15) is 4.31 Å². The van der Waals surface area contributed by atoms with Crippen LogP contribution in [0.2, 0.25) is 0 Å². The summed E-state index contributed by atoms with van der Waals surface area (Å²) in [6, 6.07) is -1.01. The van der Waals surface area contributed by atoms with Crippen molar-refractivity contribution in [3.63, 3.8) is 0 Å². The molecule has 1 rings (SSSR count). The molecule has 0 saturated heterocycles. The number of nitrogens with zero attached hydrogens (tertiary/aromatic N) is 1. The normalized spacial score (nSPS) is 22.1. The van der Waals surface area contributed by atoms with Crippen molar-refractivity contribution in [2.45, 2.75) is 32.7 Å². The van der Waals surface area contributed by atoms with Gasteiger partial charge in [0.2, 0.25) is 10.0 Å². The Hall–Kier alpha value is -0.880. The summed E-state index contributed by atoms with van der Waals surface area (Å²) in [5, 5.41) is 9.00. The van der Waals surface area contributed by atoms with Gasteiger partial charge in [-0.05, 0) is 18.9 Å². The average Bonchev–Trinajstić information content (AvgIpc) is 2.58. The molecule has 1 atom stereocenters. The van der Waals surface area contributed by atoms with E-state index < -0.39 is 22.0 Å². The third-order valence-electron chi connectivity index (χ3n) is 2.66. The fraction of sp³-hybridized carbons (Fsp3) is 0.700. The van der Waals surface area contributed by atoms with Gasteiger partial charge in [0, 0.05) is 6.54 Å². The number of rotatable bonds is 5. The third kappa shape index (κ3) is 2.62. The second-order valence-corrected chi connectivity index (χ2v) is 5.97. The first-order chi connectivity index (χ1) is 7.40. The van der Waals surface area contributed by atoms with Crippen LogP contribution in [0.4, 0.5) is 0 Å². The van der Waals surface area contributed by atoms with Gasteiger partial charge in [-0.3, -0.25) is 4.79 Å². The topological polar surface area (TPSA) is 74.7 Å². The Kier molecular flexibility index (Phi) is 4.09. The van der Waals surface area contributed by atoms with Crippen molar-refractivity contribution in [1.29, 1.82) is 0 Å². The Labute approximate surface area is 95.8 Å². The van der Waals surface area contributed by atoms with Gasteiger partial charge >= 0.3 is 5.97 Å². The number of unbranched alkanes of at least 4 members (excludes halogenated alkanes) is 1. The lowest BCUT2D eigenvalue weighted by Crippen LogP contribution is -2.43. The van der Waals surface area contributed by atoms with E-state index in [4.69, 9.17) is 5.11 Å². The lowest BCUT2D eigenvalue weighted by atomic mass is 10.2. The molecule has 16 heavy (non-hydrogen) atoms. The Morgan fingerprint density at radius 1 is 1.62 bits per heavy atom. The van der Waals surface area contributed by atoms with Crippen molar-refractivity contribution in [2.24, 2.45) is 0 Å². The van der Waals surface area contributed by atoms with Crippen LogP contribution >= 0.6 is 0 Å². The van der Waals surface area contributed by atoms with Crippen LogP contribution in [0.5, 0.6) is 0 Å². The molecule has 1 N–H and O–H groups in total. The van der Waals surface area contributed by atoms with E-state index in [2.05, 4.69) is 0 Å². The number of hydrogen-bond donors (Lipinski definition) is 1. The maximum Gasteiger partial charge on any atom is 0.326 e. The van der Waals surface area contributed by atoms with E-state index in [0.717, 1.165) is 10.7 Å². The minimum atomic E-state index is -3.45. The standard InChI is InChI=1S/C10H17NO4S/c1-3-4-7-16(14,15)11-6-5-8(2)9(11)10(12)13/h5,9H,3-4,6-7H2,1-2H3,(H,12,13). The van der Waals surface area contributed by atoms with Crippen LogP contribution in [-0.4, -0.2) is 42.1 Å². The summed E-state index contributed by atoms with van der Waals surface area (Å²) in [7, 11) is -3.45. The molecule has 5 nitrogen and oxygen atoms in total. The molecule has 1 heterocycles. The zero-order valence-electron chi connectivity index (χ0n) is 9.51. The third-order valence-corrected chi connectivity index (χ3v) is 4.54. The highest BCUT2D eigenvalue weighted by Gasteiger charge is 2.38. The molecule has 0 fully saturated rings. The van der Waals surface area contributed by atoms with Crippen LogP contribution in [-0.2, 0) is 14.8 Å². The molecule has 92 valence electrons. The summed E-state index contributed by atoms with van der Waals surface area (Å²) in [6.45, 7) is 3.72. The second kappa shape index (κ2) is 4.97. The predicted octanol–water partition coefficient (Wildman–Crippen LogP) is 0.831. The van der Waals surface area contributed by atoms with Crippen LogP contribution in [0.1, 0.15) is 26.7 Å². The largest absolute Gasteiger partial charge is 0.480 e. The zero-order chi connectivity index (χ0) is 12.3. The summed E-state index contributed by atoms with van der Waals surface area (Å²) >= 11 is 0. The van der Waals surface area contributed by atoms with Gasteiger partial charge in [-0.25, -0.2) is 8.42 Å². The van der Waals surface area contributed by atoms with E-state index in [0.29, 0.717) is 12.0 Å². The van der Waals surface area contributed by atoms with E-state index >= 15 is 0 Å². The van der Waals surface area contributed by atoms with Crippen molar-refractivity contribution < 1.29 is 18.3 Å². The monoisotopic (exact) mass is 247 g/mol. The highest BCUT2D eigenvalue weighted by atomic mass is 32.2. The smallest absolute Gasteiger partial charge is 0.326 e. The molecule has 0 aromatic rings. The lowest BCUT2D eigenvalue weighted by Gasteiger charge is -2.22. The number of sulfonamides is 1. The van der Waals surface area contributed by atoms with Crippen molar-refractivity contribution in [3.05, 3.63) is 11.6 Å². The summed E-state index contributed by atoms with van der Waals surface area (Å²) in [5.74, 6) is -1.08. The molecule has 6 heteroatoms. The van der Waals surface area contributed by atoms with Crippen LogP contribution in [0, 0.1) is 0 Å². The number of aliphatic carboxylic acids is 1. The highest BCUT2D eigenvalue weighted by molar-refractivity contribution is 7.89. The summed E-state index contributed by atoms with van der Waals surface area (Å²) in [6.07, 6.45) is 2.99. The van der Waals surface area contributed by atoms with Crippen molar-refractivity contribution in [2.75, 3.05) is 12.3 Å². The quantitative estimate of drug-likeness (QED) is 0.730. The van der Waals surface area contributed by atoms with E-state index in [-0.39, 0.29) is 12.3 Å². The van der Waals surface area contributed by atoms with Crippen molar-refractivity contribution in [1.82, 2.24) is 4.31 Å². The van der Waals surface area contributed by atoms with E-state index in [1.54, 1.807) is 13.0 Å². The molecular weight excluding hydrogens is 230 g/mol. The van der Waals surface area contributed by atoms with Crippen LogP contribution in [0.15, 0.2) is 11.6 Å². The first kappa shape index (κ1) is 13.2. The molecule has 0 spiro atoms. The summed E-state index contributed by atoms with van der Waals surface area (Å²) in [4.78, 5) is 11.0. The van der Waals surface area contributed by atoms with E-state index in [9.17, 15) is 13.2 Å². The number of carbonyl (C=O) groups is 1. The van der Waals surface area contributed by atoms with Crippen LogP contribution < -0.4 is 0 Å². The molecule has 0 aromatic heterocycles. The molecule has 0 amide bonds. The molecule has 1 aliphatic heterocycles. The molecule has 0 radical (unpaired) electrons. The fourth-order valence-electron chi connectivity index (χ4n) is 1.71.